The van der Waals surface area contributed by atoms with Crippen LogP contribution in [0.15, 0.2) is 29.6 Å². The zero-order valence-electron chi connectivity index (χ0n) is 9.71. The molecule has 4 heteroatoms. The van der Waals surface area contributed by atoms with E-state index in [0.29, 0.717) is 5.69 Å². The fraction of sp³-hybridized carbons (Fsp3) is 0.231. The fourth-order valence-corrected chi connectivity index (χ4v) is 2.19. The summed E-state index contributed by atoms with van der Waals surface area (Å²) in [4.78, 5) is 14.7. The standard InChI is InChI=1S/C13H13NO2S/c1-9(2)16-12-5-3-10(4-6-12)13-14-11(7-15)8-17-13/h3-9H,1-2H3. The molecule has 0 unspecified atom stereocenters. The van der Waals surface area contributed by atoms with Gasteiger partial charge in [0, 0.05) is 10.9 Å². The molecule has 1 aromatic carbocycles. The highest BCUT2D eigenvalue weighted by molar-refractivity contribution is 7.13. The minimum absolute atomic E-state index is 0.169. The van der Waals surface area contributed by atoms with Crippen molar-refractivity contribution in [1.29, 1.82) is 0 Å². The van der Waals surface area contributed by atoms with Gasteiger partial charge in [-0.2, -0.15) is 0 Å². The van der Waals surface area contributed by atoms with Gasteiger partial charge in [-0.15, -0.1) is 11.3 Å². The molecule has 0 fully saturated rings. The Morgan fingerprint density at radius 1 is 1.29 bits per heavy atom. The summed E-state index contributed by atoms with van der Waals surface area (Å²) >= 11 is 1.46. The van der Waals surface area contributed by atoms with E-state index in [1.54, 1.807) is 5.38 Å². The first-order valence-electron chi connectivity index (χ1n) is 5.37. The molecule has 3 nitrogen and oxygen atoms in total. The van der Waals surface area contributed by atoms with Crippen molar-refractivity contribution in [1.82, 2.24) is 4.98 Å². The van der Waals surface area contributed by atoms with Crippen molar-refractivity contribution in [3.8, 4) is 16.3 Å². The van der Waals surface area contributed by atoms with Gasteiger partial charge in [-0.25, -0.2) is 4.98 Å². The molecule has 88 valence electrons. The smallest absolute Gasteiger partial charge is 0.169 e. The highest BCUT2D eigenvalue weighted by Gasteiger charge is 2.04. The topological polar surface area (TPSA) is 39.2 Å². The second-order valence-electron chi connectivity index (χ2n) is 3.89. The fourth-order valence-electron chi connectivity index (χ4n) is 1.42. The largest absolute Gasteiger partial charge is 0.491 e. The maximum absolute atomic E-state index is 10.6. The van der Waals surface area contributed by atoms with Crippen molar-refractivity contribution in [2.45, 2.75) is 20.0 Å². The Morgan fingerprint density at radius 3 is 2.53 bits per heavy atom. The lowest BCUT2D eigenvalue weighted by Crippen LogP contribution is -2.05. The monoisotopic (exact) mass is 247 g/mol. The Balaban J connectivity index is 2.19. The number of hydrogen-bond donors (Lipinski definition) is 0. The molecular formula is C13H13NO2S. The van der Waals surface area contributed by atoms with Gasteiger partial charge in [-0.05, 0) is 38.1 Å². The average molecular weight is 247 g/mol. The number of carbonyl (C=O) groups is 1. The van der Waals surface area contributed by atoms with E-state index in [0.717, 1.165) is 22.6 Å². The minimum Gasteiger partial charge on any atom is -0.491 e. The van der Waals surface area contributed by atoms with E-state index >= 15 is 0 Å². The SMILES string of the molecule is CC(C)Oc1ccc(-c2nc(C=O)cs2)cc1. The van der Waals surface area contributed by atoms with Crippen molar-refractivity contribution in [3.63, 3.8) is 0 Å². The van der Waals surface area contributed by atoms with Crippen LogP contribution in [0, 0.1) is 0 Å². The number of carbonyl (C=O) groups excluding carboxylic acids is 1. The molecule has 2 aromatic rings. The van der Waals surface area contributed by atoms with Gasteiger partial charge < -0.3 is 4.74 Å². The predicted molar refractivity (Wildman–Crippen MR) is 68.7 cm³/mol. The highest BCUT2D eigenvalue weighted by Crippen LogP contribution is 2.25. The number of benzene rings is 1. The quantitative estimate of drug-likeness (QED) is 0.777. The second kappa shape index (κ2) is 5.10. The maximum Gasteiger partial charge on any atom is 0.169 e. The first-order chi connectivity index (χ1) is 8.19. The van der Waals surface area contributed by atoms with Gasteiger partial charge >= 0.3 is 0 Å². The van der Waals surface area contributed by atoms with Gasteiger partial charge in [-0.1, -0.05) is 0 Å². The summed E-state index contributed by atoms with van der Waals surface area (Å²) in [6.45, 7) is 3.98. The summed E-state index contributed by atoms with van der Waals surface area (Å²) in [6.07, 6.45) is 0.929. The third-order valence-corrected chi connectivity index (χ3v) is 3.03. The molecule has 0 saturated heterocycles. The van der Waals surface area contributed by atoms with Crippen LogP contribution in [0.2, 0.25) is 0 Å². The Labute approximate surface area is 104 Å². The van der Waals surface area contributed by atoms with Gasteiger partial charge in [-0.3, -0.25) is 4.79 Å². The van der Waals surface area contributed by atoms with Crippen LogP contribution < -0.4 is 4.74 Å². The lowest BCUT2D eigenvalue weighted by molar-refractivity contribution is 0.111. The van der Waals surface area contributed by atoms with Crippen LogP contribution in [0.25, 0.3) is 10.6 Å². The second-order valence-corrected chi connectivity index (χ2v) is 4.74. The van der Waals surface area contributed by atoms with Gasteiger partial charge in [0.15, 0.2) is 6.29 Å². The van der Waals surface area contributed by atoms with Crippen molar-refractivity contribution < 1.29 is 9.53 Å². The van der Waals surface area contributed by atoms with Crippen LogP contribution in [0.5, 0.6) is 5.75 Å². The summed E-state index contributed by atoms with van der Waals surface area (Å²) in [5.74, 6) is 0.843. The van der Waals surface area contributed by atoms with E-state index in [4.69, 9.17) is 4.74 Å². The van der Waals surface area contributed by atoms with Gasteiger partial charge in [0.05, 0.1) is 6.10 Å². The van der Waals surface area contributed by atoms with Gasteiger partial charge in [0.2, 0.25) is 0 Å². The number of rotatable bonds is 4. The lowest BCUT2D eigenvalue weighted by Gasteiger charge is -2.09. The van der Waals surface area contributed by atoms with Crippen LogP contribution in [-0.4, -0.2) is 17.4 Å². The molecule has 1 heterocycles. The molecule has 0 aliphatic heterocycles. The van der Waals surface area contributed by atoms with Crippen LogP contribution in [0.4, 0.5) is 0 Å². The van der Waals surface area contributed by atoms with Gasteiger partial charge in [0.25, 0.3) is 0 Å². The third-order valence-electron chi connectivity index (χ3n) is 2.12. The highest BCUT2D eigenvalue weighted by atomic mass is 32.1. The van der Waals surface area contributed by atoms with Crippen molar-refractivity contribution in [3.05, 3.63) is 35.3 Å². The number of ether oxygens (including phenoxy) is 1. The number of thiazole rings is 1. The Kier molecular flexibility index (Phi) is 3.54. The van der Waals surface area contributed by atoms with Crippen molar-refractivity contribution >= 4 is 17.6 Å². The number of aldehydes is 1. The Bertz CT molecular complexity index is 502. The summed E-state index contributed by atoms with van der Waals surface area (Å²) in [5.41, 5.74) is 1.48. The van der Waals surface area contributed by atoms with Crippen LogP contribution in [0.3, 0.4) is 0 Å². The summed E-state index contributed by atoms with van der Waals surface area (Å²) < 4.78 is 5.56. The molecule has 17 heavy (non-hydrogen) atoms. The third kappa shape index (κ3) is 2.91. The normalized spacial score (nSPS) is 10.5. The Hall–Kier alpha value is -1.68. The minimum atomic E-state index is 0.169. The van der Waals surface area contributed by atoms with E-state index in [1.165, 1.54) is 11.3 Å². The number of aromatic nitrogens is 1. The first-order valence-corrected chi connectivity index (χ1v) is 6.25. The number of hydrogen-bond acceptors (Lipinski definition) is 4. The molecule has 0 bridgehead atoms. The average Bonchev–Trinajstić information content (AvgIpc) is 2.78. The van der Waals surface area contributed by atoms with Crippen LogP contribution >= 0.6 is 11.3 Å². The molecule has 0 amide bonds. The summed E-state index contributed by atoms with van der Waals surface area (Å²) in [7, 11) is 0. The van der Waals surface area contributed by atoms with E-state index < -0.39 is 0 Å². The lowest BCUT2D eigenvalue weighted by atomic mass is 10.2. The molecule has 0 saturated carbocycles. The van der Waals surface area contributed by atoms with Crippen molar-refractivity contribution in [2.75, 3.05) is 0 Å². The van der Waals surface area contributed by atoms with Crippen LogP contribution in [-0.2, 0) is 0 Å². The molecule has 0 N–H and O–H groups in total. The molecule has 0 aliphatic carbocycles. The first kappa shape index (κ1) is 11.8. The summed E-state index contributed by atoms with van der Waals surface area (Å²) in [6, 6.07) is 7.73. The van der Waals surface area contributed by atoms with Gasteiger partial charge in [0.1, 0.15) is 16.5 Å². The zero-order valence-corrected chi connectivity index (χ0v) is 10.5. The van der Waals surface area contributed by atoms with Crippen molar-refractivity contribution in [2.24, 2.45) is 0 Å². The molecule has 0 spiro atoms. The van der Waals surface area contributed by atoms with E-state index in [1.807, 2.05) is 38.1 Å². The molecule has 1 aromatic heterocycles. The molecule has 0 atom stereocenters. The predicted octanol–water partition coefficient (Wildman–Crippen LogP) is 3.41. The molecule has 2 rings (SSSR count). The van der Waals surface area contributed by atoms with E-state index in [2.05, 4.69) is 4.98 Å². The van der Waals surface area contributed by atoms with E-state index in [-0.39, 0.29) is 6.10 Å². The number of nitrogens with zero attached hydrogens (tertiary/aromatic N) is 1. The maximum atomic E-state index is 10.6. The molecule has 0 radical (unpaired) electrons. The summed E-state index contributed by atoms with van der Waals surface area (Å²) in [5, 5.41) is 2.60. The zero-order chi connectivity index (χ0) is 12.3. The molecular weight excluding hydrogens is 234 g/mol. The van der Waals surface area contributed by atoms with E-state index in [9.17, 15) is 4.79 Å². The molecule has 0 aliphatic rings. The van der Waals surface area contributed by atoms with Crippen LogP contribution in [0.1, 0.15) is 24.3 Å². The Morgan fingerprint density at radius 2 is 2.00 bits per heavy atom.